The molecule has 0 saturated carbocycles. The van der Waals surface area contributed by atoms with Crippen molar-refractivity contribution >= 4 is 23.6 Å². The van der Waals surface area contributed by atoms with Gasteiger partial charge in [0.05, 0.1) is 0 Å². The van der Waals surface area contributed by atoms with Gasteiger partial charge in [0, 0.05) is 33.2 Å². The first-order valence-electron chi connectivity index (χ1n) is 16.5. The number of hydrogen-bond acceptors (Lipinski definition) is 9. The maximum absolute atomic E-state index is 13.4. The summed E-state index contributed by atoms with van der Waals surface area (Å²) in [4.78, 5) is 83.7. The molecule has 3 aliphatic heterocycles. The molecule has 4 amide bonds. The lowest BCUT2D eigenvalue weighted by Gasteiger charge is -2.16. The predicted octanol–water partition coefficient (Wildman–Crippen LogP) is -0.452. The zero-order valence-electron chi connectivity index (χ0n) is 27.6. The zero-order chi connectivity index (χ0) is 35.0. The lowest BCUT2D eigenvalue weighted by atomic mass is 10.2. The molecule has 3 aliphatic rings. The summed E-state index contributed by atoms with van der Waals surface area (Å²) in [5, 5.41) is 17.4. The largest absolute Gasteiger partial charge is 0.405 e. The van der Waals surface area contributed by atoms with E-state index in [0.717, 1.165) is 40.8 Å². The molecule has 49 heavy (non-hydrogen) atoms. The van der Waals surface area contributed by atoms with Crippen molar-refractivity contribution in [2.45, 2.75) is 32.3 Å². The van der Waals surface area contributed by atoms with Crippen LogP contribution in [0.1, 0.15) is 72.9 Å². The number of hydrogen-bond donors (Lipinski definition) is 6. The van der Waals surface area contributed by atoms with Crippen molar-refractivity contribution in [1.29, 1.82) is 0 Å². The van der Waals surface area contributed by atoms with E-state index in [4.69, 9.17) is 4.84 Å². The van der Waals surface area contributed by atoms with Crippen LogP contribution in [0.15, 0.2) is 64.2 Å². The Bertz CT molecular complexity index is 1720. The van der Waals surface area contributed by atoms with Gasteiger partial charge in [-0.1, -0.05) is 30.3 Å². The van der Waals surface area contributed by atoms with Crippen LogP contribution >= 0.6 is 0 Å². The number of rotatable bonds is 3. The number of carbonyl (C=O) groups excluding carboxylic acids is 4. The van der Waals surface area contributed by atoms with Crippen LogP contribution < -0.4 is 47.9 Å². The molecule has 0 spiro atoms. The average molecular weight is 677 g/mol. The number of amides is 4. The van der Waals surface area contributed by atoms with Crippen LogP contribution in [-0.4, -0.2) is 85.3 Å². The normalized spacial score (nSPS) is 16.6. The van der Waals surface area contributed by atoms with Gasteiger partial charge >= 0.3 is 0 Å². The number of nitrogens with zero attached hydrogens (tertiary/aromatic N) is 2. The summed E-state index contributed by atoms with van der Waals surface area (Å²) in [5.74, 6) is -2.35. The lowest BCUT2D eigenvalue weighted by molar-refractivity contribution is 0.0696. The molecule has 0 unspecified atom stereocenters. The molecule has 1 aromatic carbocycles. The molecule has 0 fully saturated rings. The maximum atomic E-state index is 13.4. The minimum absolute atomic E-state index is 0.0144. The lowest BCUT2D eigenvalue weighted by Crippen LogP contribution is -2.42. The third-order valence-corrected chi connectivity index (χ3v) is 7.79. The maximum Gasteiger partial charge on any atom is 0.296 e. The van der Waals surface area contributed by atoms with Crippen molar-refractivity contribution in [3.05, 3.63) is 103 Å². The van der Waals surface area contributed by atoms with Crippen molar-refractivity contribution in [3.63, 3.8) is 0 Å². The van der Waals surface area contributed by atoms with E-state index in [1.54, 1.807) is 12.1 Å². The van der Waals surface area contributed by atoms with Crippen LogP contribution in [-0.2, 0) is 13.7 Å². The van der Waals surface area contributed by atoms with Crippen LogP contribution in [0, 0.1) is 0 Å². The van der Waals surface area contributed by atoms with Crippen LogP contribution in [0.4, 0.5) is 0 Å². The summed E-state index contributed by atoms with van der Waals surface area (Å²) in [6.45, 7) is 3.68. The second kappa shape index (κ2) is 18.9. The fourth-order valence-electron chi connectivity index (χ4n) is 5.04. The Morgan fingerprint density at radius 3 is 1.61 bits per heavy atom. The molecule has 3 aromatic rings. The van der Waals surface area contributed by atoms with Crippen molar-refractivity contribution < 1.29 is 24.0 Å². The third-order valence-electron chi connectivity index (χ3n) is 7.79. The van der Waals surface area contributed by atoms with Crippen LogP contribution in [0.3, 0.4) is 0 Å². The number of benzene rings is 1. The predicted molar refractivity (Wildman–Crippen MR) is 183 cm³/mol. The quantitative estimate of drug-likeness (QED) is 0.213. The standard InChI is InChI=1S/C34H44N8O7/c1-41-27-13-11-25(33(41)47)29(43)37-19-7-17-35-15-5-6-16-36-18-8-20-38-30(44)26-12-14-28(32(46)40-22-21-39-31(27)45)42(34(26)48)49-23-24-9-3-2-4-10-24/h2-4,9-14,35-36H,5-8,15-23H2,1H3,(H,37,43)(H,38,44)(H,39,45)(H,40,46). The summed E-state index contributed by atoms with van der Waals surface area (Å²) < 4.78 is 1.90. The van der Waals surface area contributed by atoms with E-state index in [1.807, 2.05) is 18.2 Å². The van der Waals surface area contributed by atoms with Crippen molar-refractivity contribution in [2.24, 2.45) is 7.05 Å². The number of carbonyl (C=O) groups is 4. The first kappa shape index (κ1) is 36.6. The van der Waals surface area contributed by atoms with E-state index < -0.39 is 34.7 Å². The van der Waals surface area contributed by atoms with Crippen LogP contribution in [0.2, 0.25) is 0 Å². The van der Waals surface area contributed by atoms with Gasteiger partial charge in [-0.2, -0.15) is 0 Å². The Balaban J connectivity index is 1.48. The molecular weight excluding hydrogens is 632 g/mol. The van der Waals surface area contributed by atoms with Gasteiger partial charge in [-0.25, -0.2) is 0 Å². The van der Waals surface area contributed by atoms with Gasteiger partial charge < -0.3 is 41.3 Å². The summed E-state index contributed by atoms with van der Waals surface area (Å²) in [6, 6.07) is 14.4. The summed E-state index contributed by atoms with van der Waals surface area (Å²) in [7, 11) is 1.40. The Hall–Kier alpha value is -5.28. The minimum Gasteiger partial charge on any atom is -0.405 e. The molecule has 0 aliphatic carbocycles. The molecule has 0 radical (unpaired) electrons. The highest BCUT2D eigenvalue weighted by atomic mass is 16.7. The average Bonchev–Trinajstić information content (AvgIpc) is 3.10. The molecule has 0 saturated heterocycles. The molecule has 0 atom stereocenters. The fourth-order valence-corrected chi connectivity index (χ4v) is 5.04. The van der Waals surface area contributed by atoms with Gasteiger partial charge in [0.15, 0.2) is 0 Å². The number of fused-ring (bicyclic) bond motifs is 2. The highest BCUT2D eigenvalue weighted by Crippen LogP contribution is 2.04. The molecule has 262 valence electrons. The van der Waals surface area contributed by atoms with Crippen LogP contribution in [0.5, 0.6) is 0 Å². The minimum atomic E-state index is -0.793. The highest BCUT2D eigenvalue weighted by Gasteiger charge is 2.21. The van der Waals surface area contributed by atoms with Crippen LogP contribution in [0.25, 0.3) is 0 Å². The van der Waals surface area contributed by atoms with E-state index >= 15 is 0 Å². The van der Waals surface area contributed by atoms with E-state index in [0.29, 0.717) is 39.0 Å². The Morgan fingerprint density at radius 1 is 0.531 bits per heavy atom. The van der Waals surface area contributed by atoms with E-state index in [2.05, 4.69) is 31.9 Å². The number of pyridine rings is 2. The molecule has 2 aromatic heterocycles. The molecule has 6 N–H and O–H groups in total. The van der Waals surface area contributed by atoms with Gasteiger partial charge in [0.1, 0.15) is 29.1 Å². The van der Waals surface area contributed by atoms with Crippen molar-refractivity contribution in [1.82, 2.24) is 41.2 Å². The van der Waals surface area contributed by atoms with Gasteiger partial charge in [-0.05, 0) is 81.7 Å². The van der Waals surface area contributed by atoms with E-state index in [-0.39, 0.29) is 42.2 Å². The van der Waals surface area contributed by atoms with Gasteiger partial charge in [-0.15, -0.1) is 4.73 Å². The molecule has 15 heteroatoms. The SMILES string of the molecule is Cn1c2ccc(c1=O)C(=O)NCCCNCCCCNCCCNC(=O)c1ccc(n(OCc3ccccc3)c1=O)C(=O)NCCNC2=O. The molecule has 5 heterocycles. The second-order valence-corrected chi connectivity index (χ2v) is 11.4. The number of aromatic nitrogens is 2. The van der Waals surface area contributed by atoms with Crippen molar-refractivity contribution in [3.8, 4) is 0 Å². The fraction of sp³-hybridized carbons (Fsp3) is 0.412. The second-order valence-electron chi connectivity index (χ2n) is 11.4. The third kappa shape index (κ3) is 10.6. The number of nitrogens with one attached hydrogen (secondary N) is 6. The van der Waals surface area contributed by atoms with Gasteiger partial charge in [0.2, 0.25) is 0 Å². The smallest absolute Gasteiger partial charge is 0.296 e. The summed E-state index contributed by atoms with van der Waals surface area (Å²) in [5.41, 5.74) is -1.02. The molecular formula is C34H44N8O7. The topological polar surface area (TPSA) is 194 Å². The molecule has 6 rings (SSSR count). The Morgan fingerprint density at radius 2 is 1.02 bits per heavy atom. The highest BCUT2D eigenvalue weighted by molar-refractivity contribution is 5.97. The zero-order valence-corrected chi connectivity index (χ0v) is 27.6. The summed E-state index contributed by atoms with van der Waals surface area (Å²) in [6.07, 6.45) is 3.25. The Kier molecular flexibility index (Phi) is 14.1. The molecule has 15 nitrogen and oxygen atoms in total. The first-order valence-corrected chi connectivity index (χ1v) is 16.5. The monoisotopic (exact) mass is 676 g/mol. The summed E-state index contributed by atoms with van der Waals surface area (Å²) >= 11 is 0. The van der Waals surface area contributed by atoms with Crippen molar-refractivity contribution in [2.75, 3.05) is 52.4 Å². The van der Waals surface area contributed by atoms with E-state index in [1.165, 1.54) is 31.3 Å². The first-order chi connectivity index (χ1) is 23.8. The molecule has 4 bridgehead atoms. The van der Waals surface area contributed by atoms with E-state index in [9.17, 15) is 28.8 Å². The van der Waals surface area contributed by atoms with Gasteiger partial charge in [-0.3, -0.25) is 28.8 Å². The van der Waals surface area contributed by atoms with Gasteiger partial charge in [0.25, 0.3) is 34.7 Å². The Labute approximate surface area is 283 Å².